The highest BCUT2D eigenvalue weighted by molar-refractivity contribution is 9.10. The summed E-state index contributed by atoms with van der Waals surface area (Å²) in [7, 11) is 2.18. The average molecular weight is 308 g/mol. The molecular weight excluding hydrogens is 290 g/mol. The summed E-state index contributed by atoms with van der Waals surface area (Å²) >= 11 is 3.46. The molecule has 1 saturated heterocycles. The molecule has 1 aromatic carbocycles. The maximum Gasteiger partial charge on any atom is 0.100 e. The molecule has 18 heavy (non-hydrogen) atoms. The zero-order valence-corrected chi connectivity index (χ0v) is 12.6. The van der Waals surface area contributed by atoms with Gasteiger partial charge in [0.2, 0.25) is 0 Å². The van der Waals surface area contributed by atoms with Crippen LogP contribution in [0, 0.1) is 11.3 Å². The van der Waals surface area contributed by atoms with Gasteiger partial charge in [0.1, 0.15) is 6.07 Å². The van der Waals surface area contributed by atoms with Gasteiger partial charge in [-0.05, 0) is 55.0 Å². The summed E-state index contributed by atoms with van der Waals surface area (Å²) in [6, 6.07) is 9.23. The summed E-state index contributed by atoms with van der Waals surface area (Å²) < 4.78 is 0.877. The lowest BCUT2D eigenvalue weighted by Crippen LogP contribution is -2.55. The number of anilines is 1. The molecule has 0 aromatic heterocycles. The Kier molecular flexibility index (Phi) is 3.94. The van der Waals surface area contributed by atoms with Gasteiger partial charge in [0, 0.05) is 35.3 Å². The van der Waals surface area contributed by atoms with E-state index in [0.29, 0.717) is 17.6 Å². The van der Waals surface area contributed by atoms with Crippen LogP contribution in [0.15, 0.2) is 22.7 Å². The number of halogens is 1. The van der Waals surface area contributed by atoms with E-state index in [-0.39, 0.29) is 0 Å². The second kappa shape index (κ2) is 5.29. The Bertz CT molecular complexity index is 468. The van der Waals surface area contributed by atoms with Gasteiger partial charge in [-0.25, -0.2) is 0 Å². The minimum absolute atomic E-state index is 0.545. The van der Waals surface area contributed by atoms with Crippen molar-refractivity contribution in [3.63, 3.8) is 0 Å². The fourth-order valence-electron chi connectivity index (χ4n) is 2.41. The average Bonchev–Trinajstić information content (AvgIpc) is 2.35. The normalized spacial score (nSPS) is 24.9. The topological polar surface area (TPSA) is 30.3 Å². The van der Waals surface area contributed by atoms with Crippen LogP contribution in [0.2, 0.25) is 0 Å². The number of piperazine rings is 1. The monoisotopic (exact) mass is 307 g/mol. The summed E-state index contributed by atoms with van der Waals surface area (Å²) in [5, 5.41) is 8.94. The third-order valence-electron chi connectivity index (χ3n) is 3.80. The van der Waals surface area contributed by atoms with Crippen LogP contribution in [0.5, 0.6) is 0 Å². The first-order valence-electron chi connectivity index (χ1n) is 6.19. The summed E-state index contributed by atoms with van der Waals surface area (Å²) in [5.41, 5.74) is 1.88. The molecule has 0 bridgehead atoms. The minimum Gasteiger partial charge on any atom is -0.368 e. The van der Waals surface area contributed by atoms with E-state index in [4.69, 9.17) is 5.26 Å². The van der Waals surface area contributed by atoms with Crippen molar-refractivity contribution in [2.45, 2.75) is 25.9 Å². The highest BCUT2D eigenvalue weighted by Gasteiger charge is 2.26. The Morgan fingerprint density at radius 3 is 2.39 bits per heavy atom. The molecule has 4 heteroatoms. The van der Waals surface area contributed by atoms with E-state index in [1.54, 1.807) is 0 Å². The van der Waals surface area contributed by atoms with E-state index in [0.717, 1.165) is 17.6 Å². The van der Waals surface area contributed by atoms with E-state index < -0.39 is 0 Å². The second-order valence-corrected chi connectivity index (χ2v) is 5.90. The van der Waals surface area contributed by atoms with Gasteiger partial charge in [-0.3, -0.25) is 4.90 Å². The number of nitrogens with zero attached hydrogens (tertiary/aromatic N) is 3. The molecule has 0 N–H and O–H groups in total. The molecule has 2 rings (SSSR count). The largest absolute Gasteiger partial charge is 0.368 e. The predicted molar refractivity (Wildman–Crippen MR) is 77.8 cm³/mol. The van der Waals surface area contributed by atoms with Crippen molar-refractivity contribution in [2.24, 2.45) is 0 Å². The highest BCUT2D eigenvalue weighted by atomic mass is 79.9. The molecule has 0 radical (unpaired) electrons. The quantitative estimate of drug-likeness (QED) is 0.799. The van der Waals surface area contributed by atoms with E-state index in [1.165, 1.54) is 5.69 Å². The Morgan fingerprint density at radius 1 is 1.28 bits per heavy atom. The number of rotatable bonds is 1. The number of hydrogen-bond donors (Lipinski definition) is 0. The molecule has 1 aliphatic heterocycles. The lowest BCUT2D eigenvalue weighted by atomic mass is 10.1. The van der Waals surface area contributed by atoms with Crippen molar-refractivity contribution in [1.29, 1.82) is 5.26 Å². The predicted octanol–water partition coefficient (Wildman–Crippen LogP) is 2.85. The van der Waals surface area contributed by atoms with Crippen LogP contribution in [0.25, 0.3) is 0 Å². The van der Waals surface area contributed by atoms with Crippen LogP contribution >= 0.6 is 15.9 Å². The fourth-order valence-corrected chi connectivity index (χ4v) is 2.86. The number of hydrogen-bond acceptors (Lipinski definition) is 3. The smallest absolute Gasteiger partial charge is 0.100 e. The van der Waals surface area contributed by atoms with Gasteiger partial charge in [-0.1, -0.05) is 0 Å². The van der Waals surface area contributed by atoms with Crippen molar-refractivity contribution in [3.8, 4) is 6.07 Å². The summed E-state index contributed by atoms with van der Waals surface area (Å²) in [6.07, 6.45) is 0. The van der Waals surface area contributed by atoms with Gasteiger partial charge < -0.3 is 4.90 Å². The van der Waals surface area contributed by atoms with E-state index in [1.807, 2.05) is 18.2 Å². The first-order chi connectivity index (χ1) is 8.52. The molecular formula is C14H18BrN3. The Labute approximate surface area is 117 Å². The van der Waals surface area contributed by atoms with Gasteiger partial charge in [0.05, 0.1) is 5.56 Å². The highest BCUT2D eigenvalue weighted by Crippen LogP contribution is 2.26. The SMILES string of the molecule is CC1CN(c2ccc(C#N)c(Br)c2)CC(C)N1C. The van der Waals surface area contributed by atoms with Gasteiger partial charge in [-0.2, -0.15) is 5.26 Å². The van der Waals surface area contributed by atoms with Crippen molar-refractivity contribution in [1.82, 2.24) is 4.90 Å². The molecule has 0 amide bonds. The molecule has 0 spiro atoms. The molecule has 3 nitrogen and oxygen atoms in total. The second-order valence-electron chi connectivity index (χ2n) is 5.04. The Hall–Kier alpha value is -1.05. The zero-order chi connectivity index (χ0) is 13.3. The molecule has 2 unspecified atom stereocenters. The van der Waals surface area contributed by atoms with Crippen molar-refractivity contribution in [3.05, 3.63) is 28.2 Å². The van der Waals surface area contributed by atoms with Crippen LogP contribution in [0.4, 0.5) is 5.69 Å². The third-order valence-corrected chi connectivity index (χ3v) is 4.45. The van der Waals surface area contributed by atoms with Crippen LogP contribution < -0.4 is 4.90 Å². The van der Waals surface area contributed by atoms with E-state index in [2.05, 4.69) is 52.7 Å². The van der Waals surface area contributed by atoms with Gasteiger partial charge in [-0.15, -0.1) is 0 Å². The molecule has 1 aromatic rings. The summed E-state index contributed by atoms with van der Waals surface area (Å²) in [4.78, 5) is 4.80. The maximum absolute atomic E-state index is 8.94. The van der Waals surface area contributed by atoms with E-state index >= 15 is 0 Å². The molecule has 96 valence electrons. The standard InChI is InChI=1S/C14H18BrN3/c1-10-8-18(9-11(2)17(10)3)13-5-4-12(7-16)14(15)6-13/h4-6,10-11H,8-9H2,1-3H3. The van der Waals surface area contributed by atoms with E-state index in [9.17, 15) is 0 Å². The maximum atomic E-state index is 8.94. The molecule has 0 aliphatic carbocycles. The molecule has 2 atom stereocenters. The van der Waals surface area contributed by atoms with Gasteiger partial charge in [0.25, 0.3) is 0 Å². The van der Waals surface area contributed by atoms with Crippen molar-refractivity contribution in [2.75, 3.05) is 25.0 Å². The fraction of sp³-hybridized carbons (Fsp3) is 0.500. The van der Waals surface area contributed by atoms with Crippen molar-refractivity contribution < 1.29 is 0 Å². The lowest BCUT2D eigenvalue weighted by Gasteiger charge is -2.43. The minimum atomic E-state index is 0.545. The molecule has 1 fully saturated rings. The zero-order valence-electron chi connectivity index (χ0n) is 11.0. The van der Waals surface area contributed by atoms with Gasteiger partial charge >= 0.3 is 0 Å². The number of likely N-dealkylation sites (N-methyl/N-ethyl adjacent to an activating group) is 1. The number of benzene rings is 1. The third kappa shape index (κ3) is 2.52. The lowest BCUT2D eigenvalue weighted by molar-refractivity contribution is 0.170. The molecule has 1 aliphatic rings. The van der Waals surface area contributed by atoms with Crippen molar-refractivity contribution >= 4 is 21.6 Å². The molecule has 1 heterocycles. The van der Waals surface area contributed by atoms with Crippen LogP contribution in [0.1, 0.15) is 19.4 Å². The van der Waals surface area contributed by atoms with Gasteiger partial charge in [0.15, 0.2) is 0 Å². The summed E-state index contributed by atoms with van der Waals surface area (Å²) in [6.45, 7) is 6.56. The van der Waals surface area contributed by atoms with Crippen LogP contribution in [-0.4, -0.2) is 37.1 Å². The molecule has 0 saturated carbocycles. The first kappa shape index (κ1) is 13.4. The number of nitriles is 1. The Morgan fingerprint density at radius 2 is 1.89 bits per heavy atom. The summed E-state index contributed by atoms with van der Waals surface area (Å²) in [5.74, 6) is 0. The van der Waals surface area contributed by atoms with Crippen LogP contribution in [0.3, 0.4) is 0 Å². The Balaban J connectivity index is 2.22. The van der Waals surface area contributed by atoms with Crippen LogP contribution in [-0.2, 0) is 0 Å². The first-order valence-corrected chi connectivity index (χ1v) is 6.98.